The molecule has 1 heterocycles. The van der Waals surface area contributed by atoms with Crippen molar-refractivity contribution in [1.82, 2.24) is 0 Å². The molecule has 1 fully saturated rings. The van der Waals surface area contributed by atoms with Gasteiger partial charge in [0.1, 0.15) is 11.7 Å². The first-order valence-corrected chi connectivity index (χ1v) is 14.3. The number of rotatable bonds is 9. The quantitative estimate of drug-likeness (QED) is 0.331. The third-order valence-electron chi connectivity index (χ3n) is 7.27. The third-order valence-corrected chi connectivity index (χ3v) is 12.3. The van der Waals surface area contributed by atoms with Crippen LogP contribution in [0.15, 0.2) is 60.7 Å². The van der Waals surface area contributed by atoms with Gasteiger partial charge in [0.25, 0.3) is 8.32 Å². The van der Waals surface area contributed by atoms with Gasteiger partial charge in [0.15, 0.2) is 17.5 Å². The van der Waals surface area contributed by atoms with E-state index in [4.69, 9.17) is 18.6 Å². The highest BCUT2D eigenvalue weighted by atomic mass is 28.4. The second kappa shape index (κ2) is 10.6. The molecule has 204 valence electrons. The van der Waals surface area contributed by atoms with Crippen molar-refractivity contribution in [2.75, 3.05) is 20.3 Å². The lowest BCUT2D eigenvalue weighted by Crippen LogP contribution is -2.73. The topological polar surface area (TPSA) is 115 Å². The van der Waals surface area contributed by atoms with Crippen LogP contribution in [0.2, 0.25) is 5.04 Å². The molecule has 9 heteroatoms. The van der Waals surface area contributed by atoms with Crippen LogP contribution < -0.4 is 10.4 Å². The molecule has 2 aromatic carbocycles. The van der Waals surface area contributed by atoms with Crippen molar-refractivity contribution in [3.05, 3.63) is 60.7 Å². The summed E-state index contributed by atoms with van der Waals surface area (Å²) in [6, 6.07) is 19.8. The van der Waals surface area contributed by atoms with Gasteiger partial charge in [-0.25, -0.2) is 4.79 Å². The number of aliphatic hydroxyl groups excluding tert-OH is 2. The summed E-state index contributed by atoms with van der Waals surface area (Å²) in [5.74, 6) is -2.29. The molecule has 0 unspecified atom stereocenters. The minimum absolute atomic E-state index is 0.282. The van der Waals surface area contributed by atoms with Gasteiger partial charge in [0, 0.05) is 0 Å². The van der Waals surface area contributed by atoms with Gasteiger partial charge in [0.05, 0.1) is 20.3 Å². The minimum atomic E-state index is -3.13. The summed E-state index contributed by atoms with van der Waals surface area (Å²) in [5, 5.41) is 34.6. The van der Waals surface area contributed by atoms with E-state index < -0.39 is 55.1 Å². The second-order valence-electron chi connectivity index (χ2n) is 11.2. The maximum absolute atomic E-state index is 12.4. The monoisotopic (exact) mass is 532 g/mol. The van der Waals surface area contributed by atoms with Crippen LogP contribution in [0.1, 0.15) is 41.5 Å². The number of carbonyl (C=O) groups excluding carboxylic acids is 1. The molecule has 1 saturated heterocycles. The fraction of sp³-hybridized carbons (Fsp3) is 0.536. The van der Waals surface area contributed by atoms with Gasteiger partial charge in [-0.2, -0.15) is 0 Å². The van der Waals surface area contributed by atoms with Crippen molar-refractivity contribution in [3.63, 3.8) is 0 Å². The van der Waals surface area contributed by atoms with Crippen molar-refractivity contribution in [2.45, 2.75) is 75.8 Å². The zero-order valence-corrected chi connectivity index (χ0v) is 23.7. The molecule has 37 heavy (non-hydrogen) atoms. The second-order valence-corrected chi connectivity index (χ2v) is 15.5. The molecule has 1 aliphatic rings. The molecule has 0 aliphatic carbocycles. The minimum Gasteiger partial charge on any atom is -0.467 e. The number of ether oxygens (including phenoxy) is 3. The van der Waals surface area contributed by atoms with Gasteiger partial charge in [0.2, 0.25) is 0 Å². The Labute approximate surface area is 220 Å². The molecular weight excluding hydrogens is 492 g/mol. The Balaban J connectivity index is 2.23. The predicted octanol–water partition coefficient (Wildman–Crippen LogP) is 1.73. The van der Waals surface area contributed by atoms with Gasteiger partial charge in [-0.15, -0.1) is 0 Å². The lowest BCUT2D eigenvalue weighted by molar-refractivity contribution is -0.247. The Kier molecular flexibility index (Phi) is 8.41. The molecule has 0 amide bonds. The lowest BCUT2D eigenvalue weighted by atomic mass is 9.76. The van der Waals surface area contributed by atoms with Crippen LogP contribution in [0.3, 0.4) is 0 Å². The number of benzene rings is 2. The fourth-order valence-corrected chi connectivity index (χ4v) is 9.98. The van der Waals surface area contributed by atoms with Gasteiger partial charge < -0.3 is 34.0 Å². The molecule has 2 aromatic rings. The maximum atomic E-state index is 12.4. The number of methoxy groups -OCH3 is 1. The SMILES string of the molecule is COC(=O)[C@@H](O)[C@@](C)(O)[C@]1(CO[Si](c2ccccc2)(c2ccccc2)C(C)(C)C)OC(C)(C)O[C@@H]1CO. The first-order chi connectivity index (χ1) is 17.2. The van der Waals surface area contributed by atoms with Gasteiger partial charge in [-0.05, 0) is 36.2 Å². The summed E-state index contributed by atoms with van der Waals surface area (Å²) in [6.07, 6.45) is -3.11. The Morgan fingerprint density at radius 2 is 1.51 bits per heavy atom. The van der Waals surface area contributed by atoms with E-state index in [2.05, 4.69) is 20.8 Å². The normalized spacial score (nSPS) is 24.3. The van der Waals surface area contributed by atoms with E-state index in [-0.39, 0.29) is 6.61 Å². The summed E-state index contributed by atoms with van der Waals surface area (Å²) in [5.41, 5.74) is -4.08. The number of hydrogen-bond acceptors (Lipinski definition) is 8. The number of aliphatic hydroxyl groups is 3. The zero-order valence-electron chi connectivity index (χ0n) is 22.7. The van der Waals surface area contributed by atoms with E-state index in [0.717, 1.165) is 17.5 Å². The molecule has 3 rings (SSSR count). The average molecular weight is 533 g/mol. The number of hydrogen-bond donors (Lipinski definition) is 3. The average Bonchev–Trinajstić information content (AvgIpc) is 3.15. The molecule has 3 N–H and O–H groups in total. The van der Waals surface area contributed by atoms with Crippen molar-refractivity contribution < 1.29 is 38.8 Å². The van der Waals surface area contributed by atoms with Crippen molar-refractivity contribution in [2.24, 2.45) is 0 Å². The molecule has 0 spiro atoms. The highest BCUT2D eigenvalue weighted by Gasteiger charge is 2.67. The van der Waals surface area contributed by atoms with Crippen LogP contribution in [-0.2, 0) is 23.4 Å². The van der Waals surface area contributed by atoms with E-state index in [9.17, 15) is 20.1 Å². The summed E-state index contributed by atoms with van der Waals surface area (Å²) in [4.78, 5) is 12.4. The summed E-state index contributed by atoms with van der Waals surface area (Å²) >= 11 is 0. The Morgan fingerprint density at radius 1 is 1.03 bits per heavy atom. The predicted molar refractivity (Wildman–Crippen MR) is 142 cm³/mol. The van der Waals surface area contributed by atoms with Crippen molar-refractivity contribution in [3.8, 4) is 0 Å². The van der Waals surface area contributed by atoms with Gasteiger partial charge in [-0.3, -0.25) is 0 Å². The molecule has 0 bridgehead atoms. The fourth-order valence-electron chi connectivity index (χ4n) is 5.40. The van der Waals surface area contributed by atoms with Crippen LogP contribution in [-0.4, -0.2) is 79.1 Å². The summed E-state index contributed by atoms with van der Waals surface area (Å²) in [6.45, 7) is 10.0. The number of carbonyl (C=O) groups is 1. The summed E-state index contributed by atoms with van der Waals surface area (Å²) < 4.78 is 24.0. The zero-order chi connectivity index (χ0) is 27.7. The summed E-state index contributed by atoms with van der Waals surface area (Å²) in [7, 11) is -2.01. The Bertz CT molecular complexity index is 1010. The maximum Gasteiger partial charge on any atom is 0.337 e. The van der Waals surface area contributed by atoms with Crippen LogP contribution >= 0.6 is 0 Å². The van der Waals surface area contributed by atoms with E-state index in [1.165, 1.54) is 6.92 Å². The molecule has 0 radical (unpaired) electrons. The van der Waals surface area contributed by atoms with E-state index in [0.29, 0.717) is 0 Å². The van der Waals surface area contributed by atoms with Gasteiger partial charge >= 0.3 is 5.97 Å². The molecule has 0 saturated carbocycles. The molecule has 1 aliphatic heterocycles. The van der Waals surface area contributed by atoms with E-state index in [1.54, 1.807) is 13.8 Å². The van der Waals surface area contributed by atoms with E-state index >= 15 is 0 Å². The highest BCUT2D eigenvalue weighted by molar-refractivity contribution is 6.99. The van der Waals surface area contributed by atoms with Crippen LogP contribution in [0.5, 0.6) is 0 Å². The highest BCUT2D eigenvalue weighted by Crippen LogP contribution is 2.47. The lowest BCUT2D eigenvalue weighted by Gasteiger charge is -2.49. The van der Waals surface area contributed by atoms with Crippen LogP contribution in [0.25, 0.3) is 0 Å². The largest absolute Gasteiger partial charge is 0.467 e. The molecule has 8 nitrogen and oxygen atoms in total. The van der Waals surface area contributed by atoms with Crippen LogP contribution in [0, 0.1) is 0 Å². The standard InChI is InChI=1S/C28H40O8Si/c1-25(2,3)37(20-14-10-8-11-15-20,21-16-12-9-13-17-21)34-19-28(22(18-29)35-26(4,5)36-28)27(6,32)23(30)24(31)33-7/h8-17,22-23,29-30,32H,18-19H2,1-7H3/t22-,23-,27-,28-/m1/s1. The third kappa shape index (κ3) is 5.14. The van der Waals surface area contributed by atoms with Crippen molar-refractivity contribution >= 4 is 24.7 Å². The smallest absolute Gasteiger partial charge is 0.337 e. The Morgan fingerprint density at radius 3 is 1.92 bits per heavy atom. The first kappa shape index (κ1) is 29.4. The molecule has 0 aromatic heterocycles. The Hall–Kier alpha value is -2.11. The molecular formula is C28H40O8Si. The van der Waals surface area contributed by atoms with Crippen molar-refractivity contribution in [1.29, 1.82) is 0 Å². The molecule has 4 atom stereocenters. The van der Waals surface area contributed by atoms with Crippen LogP contribution in [0.4, 0.5) is 0 Å². The van der Waals surface area contributed by atoms with Gasteiger partial charge in [-0.1, -0.05) is 81.4 Å². The number of esters is 1. The van der Waals surface area contributed by atoms with E-state index in [1.807, 2.05) is 60.7 Å². The first-order valence-electron chi connectivity index (χ1n) is 12.4.